The van der Waals surface area contributed by atoms with Crippen LogP contribution in [0.4, 0.5) is 0 Å². The summed E-state index contributed by atoms with van der Waals surface area (Å²) in [6.45, 7) is 8.36. The number of aryl methyl sites for hydroxylation is 2. The fourth-order valence-electron chi connectivity index (χ4n) is 2.47. The van der Waals surface area contributed by atoms with E-state index in [9.17, 15) is 0 Å². The van der Waals surface area contributed by atoms with Crippen LogP contribution in [0, 0.1) is 6.92 Å². The van der Waals surface area contributed by atoms with E-state index in [0.717, 1.165) is 30.4 Å². The lowest BCUT2D eigenvalue weighted by Gasteiger charge is -2.22. The summed E-state index contributed by atoms with van der Waals surface area (Å²) in [4.78, 5) is 4.30. The van der Waals surface area contributed by atoms with E-state index in [4.69, 9.17) is 0 Å². The Labute approximate surface area is 135 Å². The number of pyridine rings is 1. The molecule has 2 heterocycles. The summed E-state index contributed by atoms with van der Waals surface area (Å²) in [6.07, 6.45) is 7.84. The molecule has 1 N–H and O–H groups in total. The third-order valence-corrected chi connectivity index (χ3v) is 4.14. The molecule has 5 heteroatoms. The number of hydrogen-bond acceptors (Lipinski definition) is 3. The van der Waals surface area contributed by atoms with Gasteiger partial charge in [-0.05, 0) is 59.4 Å². The van der Waals surface area contributed by atoms with Crippen molar-refractivity contribution in [3.8, 4) is 0 Å². The second-order valence-electron chi connectivity index (χ2n) is 5.22. The van der Waals surface area contributed by atoms with Crippen LogP contribution in [0.1, 0.15) is 49.6 Å². The molecular formula is C16H23BrN4. The van der Waals surface area contributed by atoms with E-state index in [-0.39, 0.29) is 6.04 Å². The van der Waals surface area contributed by atoms with E-state index in [1.165, 1.54) is 16.8 Å². The van der Waals surface area contributed by atoms with Crippen molar-refractivity contribution in [1.29, 1.82) is 0 Å². The Kier molecular flexibility index (Phi) is 5.94. The van der Waals surface area contributed by atoms with Crippen LogP contribution in [0.3, 0.4) is 0 Å². The van der Waals surface area contributed by atoms with Gasteiger partial charge in [-0.25, -0.2) is 0 Å². The van der Waals surface area contributed by atoms with Crippen LogP contribution < -0.4 is 5.32 Å². The molecule has 1 unspecified atom stereocenters. The molecule has 0 aliphatic rings. The highest BCUT2D eigenvalue weighted by Gasteiger charge is 2.22. The molecule has 21 heavy (non-hydrogen) atoms. The van der Waals surface area contributed by atoms with Crippen molar-refractivity contribution in [3.05, 3.63) is 46.0 Å². The standard InChI is InChI=1S/C16H23BrN4/c1-4-7-19-15(13-10-18-8-6-12(13)3)16-14(17)11-20-21(16)9-5-2/h6,8,10-11,15,19H,4-5,7,9H2,1-3H3. The normalized spacial score (nSPS) is 12.6. The maximum atomic E-state index is 4.50. The van der Waals surface area contributed by atoms with E-state index in [2.05, 4.69) is 62.8 Å². The Hall–Kier alpha value is -1.20. The number of rotatable bonds is 7. The van der Waals surface area contributed by atoms with Crippen LogP contribution in [-0.2, 0) is 6.54 Å². The highest BCUT2D eigenvalue weighted by molar-refractivity contribution is 9.10. The molecule has 0 amide bonds. The van der Waals surface area contributed by atoms with Crippen molar-refractivity contribution in [3.63, 3.8) is 0 Å². The van der Waals surface area contributed by atoms with Crippen molar-refractivity contribution in [2.24, 2.45) is 0 Å². The van der Waals surface area contributed by atoms with Crippen LogP contribution in [0.15, 0.2) is 29.1 Å². The molecule has 0 spiro atoms. The van der Waals surface area contributed by atoms with Gasteiger partial charge in [-0.15, -0.1) is 0 Å². The maximum absolute atomic E-state index is 4.50. The summed E-state index contributed by atoms with van der Waals surface area (Å²) in [5.41, 5.74) is 3.64. The second-order valence-corrected chi connectivity index (χ2v) is 6.07. The minimum Gasteiger partial charge on any atom is -0.305 e. The van der Waals surface area contributed by atoms with Crippen LogP contribution in [0.5, 0.6) is 0 Å². The average molecular weight is 351 g/mol. The molecule has 2 aromatic heterocycles. The Bertz CT molecular complexity index is 579. The van der Waals surface area contributed by atoms with Gasteiger partial charge in [0.15, 0.2) is 0 Å². The molecule has 0 radical (unpaired) electrons. The van der Waals surface area contributed by atoms with E-state index < -0.39 is 0 Å². The molecule has 0 aromatic carbocycles. The van der Waals surface area contributed by atoms with E-state index in [1.807, 2.05) is 18.6 Å². The Morgan fingerprint density at radius 3 is 2.76 bits per heavy atom. The van der Waals surface area contributed by atoms with Crippen molar-refractivity contribution >= 4 is 15.9 Å². The van der Waals surface area contributed by atoms with Crippen molar-refractivity contribution in [1.82, 2.24) is 20.1 Å². The van der Waals surface area contributed by atoms with E-state index in [1.54, 1.807) is 0 Å². The van der Waals surface area contributed by atoms with E-state index >= 15 is 0 Å². The molecule has 0 bridgehead atoms. The number of nitrogens with one attached hydrogen (secondary N) is 1. The van der Waals surface area contributed by atoms with Gasteiger partial charge in [0, 0.05) is 18.9 Å². The minimum absolute atomic E-state index is 0.113. The van der Waals surface area contributed by atoms with Crippen molar-refractivity contribution < 1.29 is 0 Å². The first kappa shape index (κ1) is 16.2. The first-order valence-corrected chi connectivity index (χ1v) is 8.33. The average Bonchev–Trinajstić information content (AvgIpc) is 2.83. The predicted octanol–water partition coefficient (Wildman–Crippen LogP) is 3.85. The summed E-state index contributed by atoms with van der Waals surface area (Å²) in [5.74, 6) is 0. The summed E-state index contributed by atoms with van der Waals surface area (Å²) >= 11 is 3.66. The molecule has 2 aromatic rings. The molecule has 0 saturated heterocycles. The zero-order valence-corrected chi connectivity index (χ0v) is 14.5. The SMILES string of the molecule is CCCNC(c1cnccc1C)c1c(Br)cnn1CCC. The molecular weight excluding hydrogens is 328 g/mol. The predicted molar refractivity (Wildman–Crippen MR) is 89.3 cm³/mol. The van der Waals surface area contributed by atoms with E-state index in [0.29, 0.717) is 0 Å². The zero-order chi connectivity index (χ0) is 15.2. The summed E-state index contributed by atoms with van der Waals surface area (Å²) in [5, 5.41) is 8.14. The van der Waals surface area contributed by atoms with Gasteiger partial charge >= 0.3 is 0 Å². The van der Waals surface area contributed by atoms with Crippen LogP contribution in [-0.4, -0.2) is 21.3 Å². The number of halogens is 1. The molecule has 0 aliphatic carbocycles. The quantitative estimate of drug-likeness (QED) is 0.824. The van der Waals surface area contributed by atoms with Crippen LogP contribution in [0.25, 0.3) is 0 Å². The number of nitrogens with zero attached hydrogens (tertiary/aromatic N) is 3. The monoisotopic (exact) mass is 350 g/mol. The molecule has 0 fully saturated rings. The first-order valence-electron chi connectivity index (χ1n) is 7.54. The fourth-order valence-corrected chi connectivity index (χ4v) is 3.00. The highest BCUT2D eigenvalue weighted by atomic mass is 79.9. The lowest BCUT2D eigenvalue weighted by atomic mass is 10.0. The highest BCUT2D eigenvalue weighted by Crippen LogP contribution is 2.30. The van der Waals surface area contributed by atoms with Gasteiger partial charge in [-0.1, -0.05) is 13.8 Å². The lowest BCUT2D eigenvalue weighted by Crippen LogP contribution is -2.27. The van der Waals surface area contributed by atoms with Gasteiger partial charge in [-0.3, -0.25) is 9.67 Å². The fraction of sp³-hybridized carbons (Fsp3) is 0.500. The lowest BCUT2D eigenvalue weighted by molar-refractivity contribution is 0.508. The third-order valence-electron chi connectivity index (χ3n) is 3.53. The molecule has 4 nitrogen and oxygen atoms in total. The zero-order valence-electron chi connectivity index (χ0n) is 12.9. The summed E-state index contributed by atoms with van der Waals surface area (Å²) < 4.78 is 3.14. The van der Waals surface area contributed by atoms with Gasteiger partial charge in [0.1, 0.15) is 0 Å². The molecule has 114 valence electrons. The first-order chi connectivity index (χ1) is 10.2. The third kappa shape index (κ3) is 3.71. The molecule has 1 atom stereocenters. The Morgan fingerprint density at radius 1 is 1.29 bits per heavy atom. The Morgan fingerprint density at radius 2 is 2.10 bits per heavy atom. The van der Waals surface area contributed by atoms with Gasteiger partial charge < -0.3 is 5.32 Å². The molecule has 2 rings (SSSR count). The van der Waals surface area contributed by atoms with Crippen LogP contribution in [0.2, 0.25) is 0 Å². The summed E-state index contributed by atoms with van der Waals surface area (Å²) in [6, 6.07) is 2.17. The summed E-state index contributed by atoms with van der Waals surface area (Å²) in [7, 11) is 0. The molecule has 0 saturated carbocycles. The van der Waals surface area contributed by atoms with Crippen molar-refractivity contribution in [2.75, 3.05) is 6.54 Å². The largest absolute Gasteiger partial charge is 0.305 e. The minimum atomic E-state index is 0.113. The topological polar surface area (TPSA) is 42.7 Å². The van der Waals surface area contributed by atoms with Gasteiger partial charge in [0.25, 0.3) is 0 Å². The number of hydrogen-bond donors (Lipinski definition) is 1. The van der Waals surface area contributed by atoms with Gasteiger partial charge in [0.05, 0.1) is 22.4 Å². The second kappa shape index (κ2) is 7.71. The van der Waals surface area contributed by atoms with Crippen molar-refractivity contribution in [2.45, 2.75) is 46.2 Å². The maximum Gasteiger partial charge on any atom is 0.0777 e. The number of aromatic nitrogens is 3. The van der Waals surface area contributed by atoms with Crippen LogP contribution >= 0.6 is 15.9 Å². The molecule has 0 aliphatic heterocycles. The van der Waals surface area contributed by atoms with Gasteiger partial charge in [0.2, 0.25) is 0 Å². The smallest absolute Gasteiger partial charge is 0.0777 e. The van der Waals surface area contributed by atoms with Gasteiger partial charge in [-0.2, -0.15) is 5.10 Å². The Balaban J connectivity index is 2.45.